The molecule has 2 N–H and O–H groups in total. The molecule has 0 radical (unpaired) electrons. The highest BCUT2D eigenvalue weighted by molar-refractivity contribution is 7.80. The average molecular weight is 447 g/mol. The summed E-state index contributed by atoms with van der Waals surface area (Å²) in [7, 11) is 0. The molecule has 3 aromatic rings. The quantitative estimate of drug-likeness (QED) is 0.416. The number of carbonyl (C=O) groups is 1. The van der Waals surface area contributed by atoms with Crippen molar-refractivity contribution in [1.29, 1.82) is 0 Å². The second kappa shape index (κ2) is 9.73. The first-order chi connectivity index (χ1) is 14.4. The van der Waals surface area contributed by atoms with Crippen molar-refractivity contribution in [3.05, 3.63) is 59.0 Å². The number of anilines is 2. The van der Waals surface area contributed by atoms with Gasteiger partial charge in [-0.2, -0.15) is 10.2 Å². The average Bonchev–Trinajstić information content (AvgIpc) is 3.29. The number of thiocarbonyl (C=S) groups is 1. The fourth-order valence-electron chi connectivity index (χ4n) is 2.68. The summed E-state index contributed by atoms with van der Waals surface area (Å²) in [6.07, 6.45) is 3.29. The molecule has 2 heterocycles. The first-order valence-electron chi connectivity index (χ1n) is 9.49. The number of esters is 1. The number of hydrogen-bond donors (Lipinski definition) is 2. The number of aromatic nitrogens is 4. The van der Waals surface area contributed by atoms with E-state index in [0.29, 0.717) is 29.6 Å². The number of halogens is 1. The number of benzene rings is 1. The van der Waals surface area contributed by atoms with Crippen molar-refractivity contribution < 1.29 is 9.53 Å². The molecule has 0 unspecified atom stereocenters. The summed E-state index contributed by atoms with van der Waals surface area (Å²) in [5.41, 5.74) is 1.62. The van der Waals surface area contributed by atoms with Crippen LogP contribution >= 0.6 is 23.8 Å². The van der Waals surface area contributed by atoms with Gasteiger partial charge >= 0.3 is 5.97 Å². The summed E-state index contributed by atoms with van der Waals surface area (Å²) < 4.78 is 8.65. The van der Waals surface area contributed by atoms with Crippen LogP contribution < -0.4 is 10.6 Å². The minimum Gasteiger partial charge on any atom is -0.458 e. The Morgan fingerprint density at radius 2 is 1.97 bits per heavy atom. The van der Waals surface area contributed by atoms with Crippen LogP contribution in [-0.4, -0.2) is 36.7 Å². The molecule has 0 aliphatic heterocycles. The van der Waals surface area contributed by atoms with Crippen molar-refractivity contribution in [3.8, 4) is 0 Å². The summed E-state index contributed by atoms with van der Waals surface area (Å²) in [6.45, 7) is 6.64. The largest absolute Gasteiger partial charge is 0.458 e. The Morgan fingerprint density at radius 1 is 1.20 bits per heavy atom. The summed E-state index contributed by atoms with van der Waals surface area (Å²) in [5.74, 6) is 0.0558. The van der Waals surface area contributed by atoms with E-state index in [1.165, 1.54) is 0 Å². The third-order valence-electron chi connectivity index (χ3n) is 4.04. The topological polar surface area (TPSA) is 86.0 Å². The van der Waals surface area contributed by atoms with E-state index in [1.54, 1.807) is 35.5 Å². The van der Waals surface area contributed by atoms with Crippen molar-refractivity contribution >= 4 is 46.4 Å². The molecule has 8 nitrogen and oxygen atoms in total. The van der Waals surface area contributed by atoms with Crippen molar-refractivity contribution in [2.24, 2.45) is 0 Å². The third-order valence-corrected chi connectivity index (χ3v) is 4.62. The molecular weight excluding hydrogens is 424 g/mol. The molecule has 0 aliphatic carbocycles. The van der Waals surface area contributed by atoms with Gasteiger partial charge in [-0.1, -0.05) is 29.8 Å². The Labute approximate surface area is 185 Å². The molecule has 0 bridgehead atoms. The predicted molar refractivity (Wildman–Crippen MR) is 121 cm³/mol. The molecule has 0 amide bonds. The summed E-state index contributed by atoms with van der Waals surface area (Å²) >= 11 is 11.6. The monoisotopic (exact) mass is 446 g/mol. The van der Waals surface area contributed by atoms with E-state index >= 15 is 0 Å². The Morgan fingerprint density at radius 3 is 2.67 bits per heavy atom. The number of nitrogens with zero attached hydrogens (tertiary/aromatic N) is 4. The first-order valence-corrected chi connectivity index (χ1v) is 10.3. The molecular formula is C20H23ClN6O2S. The van der Waals surface area contributed by atoms with E-state index in [4.69, 9.17) is 28.6 Å². The van der Waals surface area contributed by atoms with Gasteiger partial charge < -0.3 is 15.4 Å². The van der Waals surface area contributed by atoms with Gasteiger partial charge in [-0.05, 0) is 44.6 Å². The van der Waals surface area contributed by atoms with Crippen molar-refractivity contribution in [2.75, 3.05) is 10.6 Å². The maximum Gasteiger partial charge on any atom is 0.361 e. The molecule has 30 heavy (non-hydrogen) atoms. The van der Waals surface area contributed by atoms with Crippen molar-refractivity contribution in [1.82, 2.24) is 19.6 Å². The van der Waals surface area contributed by atoms with Gasteiger partial charge in [0.2, 0.25) is 0 Å². The molecule has 0 saturated heterocycles. The Hall–Kier alpha value is -2.91. The number of aryl methyl sites for hydroxylation is 1. The highest BCUT2D eigenvalue weighted by Crippen LogP contribution is 2.18. The lowest BCUT2D eigenvalue weighted by Crippen LogP contribution is -2.21. The van der Waals surface area contributed by atoms with Crippen LogP contribution in [0.2, 0.25) is 5.02 Å². The summed E-state index contributed by atoms with van der Waals surface area (Å²) in [5, 5.41) is 15.7. The summed E-state index contributed by atoms with van der Waals surface area (Å²) in [4.78, 5) is 12.3. The number of nitrogens with one attached hydrogen (secondary N) is 2. The normalized spacial score (nSPS) is 10.8. The van der Waals surface area contributed by atoms with E-state index in [0.717, 1.165) is 5.56 Å². The zero-order valence-corrected chi connectivity index (χ0v) is 18.5. The molecule has 158 valence electrons. The van der Waals surface area contributed by atoms with Crippen LogP contribution in [0.5, 0.6) is 0 Å². The maximum absolute atomic E-state index is 12.3. The van der Waals surface area contributed by atoms with Crippen LogP contribution in [0.15, 0.2) is 42.7 Å². The molecule has 10 heteroatoms. The number of hydrogen-bond acceptors (Lipinski definition) is 5. The Kier molecular flexibility index (Phi) is 7.07. The van der Waals surface area contributed by atoms with Gasteiger partial charge in [-0.3, -0.25) is 9.36 Å². The zero-order chi connectivity index (χ0) is 21.7. The van der Waals surface area contributed by atoms with Gasteiger partial charge in [0, 0.05) is 30.0 Å². The van der Waals surface area contributed by atoms with Crippen molar-refractivity contribution in [2.45, 2.75) is 40.0 Å². The SMILES string of the molecule is CCn1cc(NC(=S)Nc2ccn(Cc3ccccc3Cl)n2)c(C(=O)OC(C)C)n1. The highest BCUT2D eigenvalue weighted by atomic mass is 35.5. The van der Waals surface area contributed by atoms with Gasteiger partial charge in [0.05, 0.1) is 18.3 Å². The number of rotatable bonds is 7. The zero-order valence-electron chi connectivity index (χ0n) is 16.9. The van der Waals surface area contributed by atoms with Crippen molar-refractivity contribution in [3.63, 3.8) is 0 Å². The molecule has 0 fully saturated rings. The number of carbonyl (C=O) groups excluding carboxylic acids is 1. The Bertz CT molecular complexity index is 1050. The van der Waals surface area contributed by atoms with Crippen LogP contribution in [0.3, 0.4) is 0 Å². The molecule has 0 atom stereocenters. The standard InChI is InChI=1S/C20H23ClN6O2S/c1-4-26-12-16(18(25-26)19(28)29-13(2)3)22-20(30)23-17-9-10-27(24-17)11-14-7-5-6-8-15(14)21/h5-10,12-13H,4,11H2,1-3H3,(H2,22,23,24,30). The van der Waals surface area contributed by atoms with Crippen LogP contribution in [-0.2, 0) is 17.8 Å². The molecule has 3 rings (SSSR count). The van der Waals surface area contributed by atoms with Crippen LogP contribution in [0.1, 0.15) is 36.8 Å². The lowest BCUT2D eigenvalue weighted by Gasteiger charge is -2.10. The molecule has 1 aromatic carbocycles. The summed E-state index contributed by atoms with van der Waals surface area (Å²) in [6, 6.07) is 9.41. The van der Waals surface area contributed by atoms with E-state index in [-0.39, 0.29) is 16.9 Å². The third kappa shape index (κ3) is 5.58. The van der Waals surface area contributed by atoms with Gasteiger partial charge in [-0.15, -0.1) is 0 Å². The molecule has 0 saturated carbocycles. The number of ether oxygens (including phenoxy) is 1. The fourth-order valence-corrected chi connectivity index (χ4v) is 3.09. The van der Waals surface area contributed by atoms with Gasteiger partial charge in [0.25, 0.3) is 0 Å². The molecule has 0 spiro atoms. The fraction of sp³-hybridized carbons (Fsp3) is 0.300. The smallest absolute Gasteiger partial charge is 0.361 e. The van der Waals surface area contributed by atoms with Gasteiger partial charge in [0.15, 0.2) is 16.6 Å². The molecule has 2 aromatic heterocycles. The highest BCUT2D eigenvalue weighted by Gasteiger charge is 2.20. The second-order valence-electron chi connectivity index (χ2n) is 6.77. The van der Waals surface area contributed by atoms with E-state index in [9.17, 15) is 4.79 Å². The van der Waals surface area contributed by atoms with Gasteiger partial charge in [0.1, 0.15) is 0 Å². The minimum absolute atomic E-state index is 0.180. The maximum atomic E-state index is 12.3. The lowest BCUT2D eigenvalue weighted by molar-refractivity contribution is 0.0371. The van der Waals surface area contributed by atoms with Crippen LogP contribution in [0.25, 0.3) is 0 Å². The van der Waals surface area contributed by atoms with E-state index < -0.39 is 5.97 Å². The van der Waals surface area contributed by atoms with E-state index in [1.807, 2.05) is 37.4 Å². The minimum atomic E-state index is -0.508. The van der Waals surface area contributed by atoms with Crippen LogP contribution in [0, 0.1) is 0 Å². The molecule has 0 aliphatic rings. The second-order valence-corrected chi connectivity index (χ2v) is 7.59. The predicted octanol–water partition coefficient (Wildman–Crippen LogP) is 4.18. The van der Waals surface area contributed by atoms with Crippen LogP contribution in [0.4, 0.5) is 11.5 Å². The van der Waals surface area contributed by atoms with Gasteiger partial charge in [-0.25, -0.2) is 4.79 Å². The lowest BCUT2D eigenvalue weighted by atomic mass is 10.2. The van der Waals surface area contributed by atoms with E-state index in [2.05, 4.69) is 20.8 Å². The first kappa shape index (κ1) is 21.8. The Balaban J connectivity index is 1.66.